The molecule has 1 aromatic heterocycles. The lowest BCUT2D eigenvalue weighted by Gasteiger charge is -2.19. The van der Waals surface area contributed by atoms with Crippen molar-refractivity contribution in [1.29, 1.82) is 0 Å². The van der Waals surface area contributed by atoms with Gasteiger partial charge in [0.05, 0.1) is 6.61 Å². The maximum Gasteiger partial charge on any atom is 0.351 e. The average Bonchev–Trinajstić information content (AvgIpc) is 2.66. The Kier molecular flexibility index (Phi) is 4.09. The fourth-order valence-electron chi connectivity index (χ4n) is 2.23. The van der Waals surface area contributed by atoms with E-state index >= 15 is 0 Å². The van der Waals surface area contributed by atoms with Gasteiger partial charge in [-0.1, -0.05) is 13.8 Å². The Morgan fingerprint density at radius 3 is 2.60 bits per heavy atom. The van der Waals surface area contributed by atoms with Crippen LogP contribution in [0.2, 0.25) is 0 Å². The van der Waals surface area contributed by atoms with E-state index in [9.17, 15) is 15.0 Å². The molecule has 112 valence electrons. The molecule has 1 aliphatic heterocycles. The number of hydrogen-bond donors (Lipinski definition) is 4. The van der Waals surface area contributed by atoms with Gasteiger partial charge in [-0.25, -0.2) is 4.79 Å². The van der Waals surface area contributed by atoms with Crippen LogP contribution >= 0.6 is 0 Å². The van der Waals surface area contributed by atoms with Crippen LogP contribution in [0.5, 0.6) is 0 Å². The van der Waals surface area contributed by atoms with Crippen LogP contribution in [0.25, 0.3) is 0 Å². The van der Waals surface area contributed by atoms with Gasteiger partial charge in [0.25, 0.3) is 0 Å². The van der Waals surface area contributed by atoms with Crippen LogP contribution in [0, 0.1) is 0 Å². The highest BCUT2D eigenvalue weighted by Gasteiger charge is 2.43. The molecule has 20 heavy (non-hydrogen) atoms. The molecule has 4 atom stereocenters. The Labute approximate surface area is 115 Å². The molecule has 0 bridgehead atoms. The van der Waals surface area contributed by atoms with Crippen molar-refractivity contribution < 1.29 is 20.1 Å². The van der Waals surface area contributed by atoms with Crippen LogP contribution in [0.3, 0.4) is 0 Å². The summed E-state index contributed by atoms with van der Waals surface area (Å²) in [6.07, 6.45) is -3.16. The van der Waals surface area contributed by atoms with E-state index in [0.29, 0.717) is 5.56 Å². The molecule has 0 radical (unpaired) electrons. The maximum atomic E-state index is 11.9. The molecule has 1 aliphatic rings. The van der Waals surface area contributed by atoms with Gasteiger partial charge in [0.2, 0.25) is 0 Å². The van der Waals surface area contributed by atoms with Crippen molar-refractivity contribution in [2.45, 2.75) is 44.3 Å². The number of aromatic nitrogens is 2. The normalized spacial score (nSPS) is 30.1. The number of hydrogen-bond acceptors (Lipinski definition) is 7. The fourth-order valence-corrected chi connectivity index (χ4v) is 2.23. The van der Waals surface area contributed by atoms with Gasteiger partial charge in [0.1, 0.15) is 24.1 Å². The molecule has 0 saturated carbocycles. The summed E-state index contributed by atoms with van der Waals surface area (Å²) in [4.78, 5) is 15.6. The van der Waals surface area contributed by atoms with E-state index in [4.69, 9.17) is 15.6 Å². The van der Waals surface area contributed by atoms with Crippen molar-refractivity contribution in [3.8, 4) is 0 Å². The van der Waals surface area contributed by atoms with Gasteiger partial charge in [-0.15, -0.1) is 0 Å². The van der Waals surface area contributed by atoms with Crippen molar-refractivity contribution >= 4 is 5.82 Å². The van der Waals surface area contributed by atoms with Gasteiger partial charge in [-0.3, -0.25) is 4.57 Å². The third-order valence-corrected chi connectivity index (χ3v) is 3.42. The standard InChI is InChI=1S/C12H19N3O5/c1-5(2)6-3-15(12(19)14-10(6)13)11-9(18)8(17)7(4-16)20-11/h3,5,7-9,11,16-18H,4H2,1-2H3,(H2,13,14,19)/t7-,8-,9-,11-/m1/s1. The summed E-state index contributed by atoms with van der Waals surface area (Å²) >= 11 is 0. The minimum Gasteiger partial charge on any atom is -0.394 e. The Balaban J connectivity index is 2.43. The van der Waals surface area contributed by atoms with Crippen molar-refractivity contribution in [2.24, 2.45) is 0 Å². The first-order chi connectivity index (χ1) is 9.36. The molecule has 2 heterocycles. The minimum atomic E-state index is -1.32. The quantitative estimate of drug-likeness (QED) is 0.535. The SMILES string of the molecule is CC(C)c1cn([C@@H]2O[C@H](CO)[C@@H](O)[C@H]2O)c(=O)nc1N. The number of ether oxygens (including phenoxy) is 1. The minimum absolute atomic E-state index is 0.0338. The number of nitrogens with two attached hydrogens (primary N) is 1. The van der Waals surface area contributed by atoms with Crippen LogP contribution in [-0.4, -0.2) is 49.8 Å². The molecule has 0 aliphatic carbocycles. The smallest absolute Gasteiger partial charge is 0.351 e. The van der Waals surface area contributed by atoms with Crippen LogP contribution in [0.4, 0.5) is 5.82 Å². The topological polar surface area (TPSA) is 131 Å². The number of nitrogens with zero attached hydrogens (tertiary/aromatic N) is 2. The Morgan fingerprint density at radius 1 is 1.45 bits per heavy atom. The van der Waals surface area contributed by atoms with Gasteiger partial charge >= 0.3 is 5.69 Å². The largest absolute Gasteiger partial charge is 0.394 e. The van der Waals surface area contributed by atoms with E-state index in [1.54, 1.807) is 0 Å². The molecule has 8 nitrogen and oxygen atoms in total. The molecule has 1 fully saturated rings. The second kappa shape index (κ2) is 5.49. The van der Waals surface area contributed by atoms with Crippen LogP contribution in [0.15, 0.2) is 11.0 Å². The molecular weight excluding hydrogens is 266 g/mol. The second-order valence-corrected chi connectivity index (χ2v) is 5.15. The van der Waals surface area contributed by atoms with Crippen LogP contribution in [0.1, 0.15) is 31.6 Å². The van der Waals surface area contributed by atoms with Crippen molar-refractivity contribution in [3.05, 3.63) is 22.2 Å². The third kappa shape index (κ3) is 2.42. The predicted octanol–water partition coefficient (Wildman–Crippen LogP) is -1.44. The molecule has 0 spiro atoms. The van der Waals surface area contributed by atoms with E-state index in [2.05, 4.69) is 4.98 Å². The lowest BCUT2D eigenvalue weighted by Crippen LogP contribution is -2.36. The van der Waals surface area contributed by atoms with Crippen LogP contribution in [-0.2, 0) is 4.74 Å². The maximum absolute atomic E-state index is 11.9. The number of aliphatic hydroxyl groups is 3. The van der Waals surface area contributed by atoms with Crippen molar-refractivity contribution in [1.82, 2.24) is 9.55 Å². The zero-order valence-corrected chi connectivity index (χ0v) is 11.3. The molecule has 0 aromatic carbocycles. The summed E-state index contributed by atoms with van der Waals surface area (Å²) in [6, 6.07) is 0. The van der Waals surface area contributed by atoms with Gasteiger partial charge in [-0.2, -0.15) is 4.98 Å². The Bertz CT molecular complexity index is 544. The molecule has 2 rings (SSSR count). The highest BCUT2D eigenvalue weighted by Crippen LogP contribution is 2.29. The number of rotatable bonds is 3. The molecule has 0 amide bonds. The number of nitrogen functional groups attached to an aromatic ring is 1. The zero-order valence-electron chi connectivity index (χ0n) is 11.3. The second-order valence-electron chi connectivity index (χ2n) is 5.15. The summed E-state index contributed by atoms with van der Waals surface area (Å²) < 4.78 is 6.40. The highest BCUT2D eigenvalue weighted by atomic mass is 16.6. The molecule has 8 heteroatoms. The van der Waals surface area contributed by atoms with Gasteiger partial charge in [0.15, 0.2) is 6.23 Å². The van der Waals surface area contributed by atoms with E-state index in [-0.39, 0.29) is 11.7 Å². The lowest BCUT2D eigenvalue weighted by atomic mass is 10.1. The summed E-state index contributed by atoms with van der Waals surface area (Å²) in [5.74, 6) is 0.166. The predicted molar refractivity (Wildman–Crippen MR) is 70.0 cm³/mol. The first-order valence-corrected chi connectivity index (χ1v) is 6.37. The van der Waals surface area contributed by atoms with Crippen molar-refractivity contribution in [2.75, 3.05) is 12.3 Å². The summed E-state index contributed by atoms with van der Waals surface area (Å²) in [7, 11) is 0. The van der Waals surface area contributed by atoms with Gasteiger partial charge in [0, 0.05) is 11.8 Å². The molecular formula is C12H19N3O5. The zero-order chi connectivity index (χ0) is 15.0. The fraction of sp³-hybridized carbons (Fsp3) is 0.667. The first kappa shape index (κ1) is 14.9. The number of aliphatic hydroxyl groups excluding tert-OH is 3. The monoisotopic (exact) mass is 285 g/mol. The lowest BCUT2D eigenvalue weighted by molar-refractivity contribution is -0.0550. The van der Waals surface area contributed by atoms with Crippen molar-refractivity contribution in [3.63, 3.8) is 0 Å². The first-order valence-electron chi connectivity index (χ1n) is 6.37. The summed E-state index contributed by atoms with van der Waals surface area (Å²) in [6.45, 7) is 3.32. The van der Waals surface area contributed by atoms with E-state index in [0.717, 1.165) is 4.57 Å². The summed E-state index contributed by atoms with van der Waals surface area (Å²) in [5, 5.41) is 28.7. The molecule has 1 aromatic rings. The summed E-state index contributed by atoms with van der Waals surface area (Å²) in [5.41, 5.74) is 5.65. The molecule has 0 unspecified atom stereocenters. The highest BCUT2D eigenvalue weighted by molar-refractivity contribution is 5.39. The van der Waals surface area contributed by atoms with E-state index in [1.807, 2.05) is 13.8 Å². The van der Waals surface area contributed by atoms with Gasteiger partial charge < -0.3 is 25.8 Å². The molecule has 5 N–H and O–H groups in total. The Hall–Kier alpha value is -1.48. The Morgan fingerprint density at radius 2 is 2.10 bits per heavy atom. The average molecular weight is 285 g/mol. The van der Waals surface area contributed by atoms with E-state index < -0.39 is 36.8 Å². The van der Waals surface area contributed by atoms with Crippen LogP contribution < -0.4 is 11.4 Å². The van der Waals surface area contributed by atoms with E-state index in [1.165, 1.54) is 6.20 Å². The van der Waals surface area contributed by atoms with Gasteiger partial charge in [-0.05, 0) is 5.92 Å². The number of anilines is 1. The molecule has 1 saturated heterocycles. The third-order valence-electron chi connectivity index (χ3n) is 3.42.